The second kappa shape index (κ2) is 5.54. The number of amides is 1. The number of phenols is 1. The molecule has 0 atom stereocenters. The normalized spacial score (nSPS) is 10.8. The van der Waals surface area contributed by atoms with Gasteiger partial charge >= 0.3 is 16.3 Å². The van der Waals surface area contributed by atoms with Crippen molar-refractivity contribution in [1.29, 1.82) is 0 Å². The van der Waals surface area contributed by atoms with Crippen LogP contribution in [-0.2, 0) is 14.9 Å². The SMILES string of the molecule is CCOC(=O)NS(=O)(=O)Nc1ccc(F)cc1O. The smallest absolute Gasteiger partial charge is 0.422 e. The monoisotopic (exact) mass is 278 g/mol. The second-order valence-corrected chi connectivity index (χ2v) is 4.50. The van der Waals surface area contributed by atoms with Gasteiger partial charge in [-0.2, -0.15) is 8.42 Å². The van der Waals surface area contributed by atoms with Crippen LogP contribution in [-0.4, -0.2) is 26.2 Å². The number of aromatic hydroxyl groups is 1. The third kappa shape index (κ3) is 4.09. The Hall–Kier alpha value is -2.03. The zero-order valence-corrected chi connectivity index (χ0v) is 10.1. The lowest BCUT2D eigenvalue weighted by molar-refractivity contribution is 0.159. The molecule has 1 amide bonds. The zero-order valence-electron chi connectivity index (χ0n) is 9.31. The van der Waals surface area contributed by atoms with Crippen LogP contribution < -0.4 is 9.44 Å². The van der Waals surface area contributed by atoms with Gasteiger partial charge < -0.3 is 9.84 Å². The fourth-order valence-electron chi connectivity index (χ4n) is 1.03. The Bertz CT molecular complexity index is 546. The van der Waals surface area contributed by atoms with E-state index in [2.05, 4.69) is 4.74 Å². The van der Waals surface area contributed by atoms with E-state index in [0.29, 0.717) is 0 Å². The van der Waals surface area contributed by atoms with E-state index in [1.807, 2.05) is 4.72 Å². The molecule has 0 unspecified atom stereocenters. The molecule has 0 saturated carbocycles. The number of phenolic OH excluding ortho intramolecular Hbond substituents is 1. The Balaban J connectivity index is 2.79. The Morgan fingerprint density at radius 3 is 2.72 bits per heavy atom. The first kappa shape index (κ1) is 14.0. The number of hydrogen-bond acceptors (Lipinski definition) is 5. The molecule has 0 heterocycles. The molecule has 0 aliphatic heterocycles. The Morgan fingerprint density at radius 2 is 2.17 bits per heavy atom. The molecule has 1 aromatic carbocycles. The Kier molecular flexibility index (Phi) is 4.32. The Labute approximate surface area is 103 Å². The summed E-state index contributed by atoms with van der Waals surface area (Å²) in [7, 11) is -4.25. The van der Waals surface area contributed by atoms with Gasteiger partial charge in [-0.15, -0.1) is 0 Å². The molecule has 0 aliphatic rings. The van der Waals surface area contributed by atoms with E-state index in [1.54, 1.807) is 4.72 Å². The zero-order chi connectivity index (χ0) is 13.8. The molecule has 0 bridgehead atoms. The summed E-state index contributed by atoms with van der Waals surface area (Å²) in [5, 5.41) is 9.28. The first-order chi connectivity index (χ1) is 8.34. The molecule has 0 aliphatic carbocycles. The van der Waals surface area contributed by atoms with Crippen LogP contribution in [0.25, 0.3) is 0 Å². The average Bonchev–Trinajstić information content (AvgIpc) is 2.21. The lowest BCUT2D eigenvalue weighted by Crippen LogP contribution is -2.35. The molecule has 1 rings (SSSR count). The molecular formula is C9H11FN2O5S. The van der Waals surface area contributed by atoms with E-state index >= 15 is 0 Å². The predicted molar refractivity (Wildman–Crippen MR) is 60.8 cm³/mol. The van der Waals surface area contributed by atoms with Crippen molar-refractivity contribution in [2.24, 2.45) is 0 Å². The summed E-state index contributed by atoms with van der Waals surface area (Å²) in [6, 6.07) is 2.68. The molecule has 0 fully saturated rings. The number of anilines is 1. The van der Waals surface area contributed by atoms with Gasteiger partial charge in [0, 0.05) is 6.07 Å². The van der Waals surface area contributed by atoms with Crippen LogP contribution in [0.4, 0.5) is 14.9 Å². The Morgan fingerprint density at radius 1 is 1.50 bits per heavy atom. The van der Waals surface area contributed by atoms with Crippen LogP contribution in [0, 0.1) is 5.82 Å². The van der Waals surface area contributed by atoms with Crippen LogP contribution in [0.3, 0.4) is 0 Å². The third-order valence-corrected chi connectivity index (χ3v) is 2.62. The summed E-state index contributed by atoms with van der Waals surface area (Å²) < 4.78 is 43.2. The predicted octanol–water partition coefficient (Wildman–Crippen LogP) is 0.934. The summed E-state index contributed by atoms with van der Waals surface area (Å²) in [5.74, 6) is -1.34. The number of carbonyl (C=O) groups is 1. The standard InChI is InChI=1S/C9H11FN2O5S/c1-2-17-9(14)12-18(15,16)11-7-4-3-6(10)5-8(7)13/h3-5,11,13H,2H2,1H3,(H,12,14). The lowest BCUT2D eigenvalue weighted by Gasteiger charge is -2.10. The number of nitrogens with one attached hydrogen (secondary N) is 2. The quantitative estimate of drug-likeness (QED) is 0.711. The molecule has 0 saturated heterocycles. The van der Waals surface area contributed by atoms with E-state index in [0.717, 1.165) is 18.2 Å². The van der Waals surface area contributed by atoms with E-state index < -0.39 is 27.9 Å². The lowest BCUT2D eigenvalue weighted by atomic mass is 10.3. The molecule has 0 spiro atoms. The maximum absolute atomic E-state index is 12.7. The van der Waals surface area contributed by atoms with Crippen molar-refractivity contribution in [1.82, 2.24) is 4.72 Å². The second-order valence-electron chi connectivity index (χ2n) is 3.09. The number of ether oxygens (including phenoxy) is 1. The van der Waals surface area contributed by atoms with Gasteiger partial charge in [0.2, 0.25) is 0 Å². The first-order valence-electron chi connectivity index (χ1n) is 4.80. The highest BCUT2D eigenvalue weighted by atomic mass is 32.2. The van der Waals surface area contributed by atoms with E-state index in [9.17, 15) is 22.7 Å². The van der Waals surface area contributed by atoms with Crippen molar-refractivity contribution >= 4 is 22.0 Å². The summed E-state index contributed by atoms with van der Waals surface area (Å²) >= 11 is 0. The maximum atomic E-state index is 12.7. The van der Waals surface area contributed by atoms with Crippen LogP contribution in [0.2, 0.25) is 0 Å². The number of carbonyl (C=O) groups excluding carboxylic acids is 1. The van der Waals surface area contributed by atoms with Crippen molar-refractivity contribution in [2.45, 2.75) is 6.92 Å². The van der Waals surface area contributed by atoms with Gasteiger partial charge in [-0.25, -0.2) is 13.9 Å². The highest BCUT2D eigenvalue weighted by molar-refractivity contribution is 7.91. The molecule has 9 heteroatoms. The maximum Gasteiger partial charge on any atom is 0.422 e. The van der Waals surface area contributed by atoms with Gasteiger partial charge in [0.1, 0.15) is 11.6 Å². The van der Waals surface area contributed by atoms with Crippen LogP contribution in [0.15, 0.2) is 18.2 Å². The molecule has 100 valence electrons. The third-order valence-electron chi connectivity index (χ3n) is 1.70. The number of rotatable bonds is 4. The fraction of sp³-hybridized carbons (Fsp3) is 0.222. The van der Waals surface area contributed by atoms with Crippen molar-refractivity contribution < 1.29 is 27.4 Å². The minimum Gasteiger partial charge on any atom is -0.506 e. The minimum absolute atomic E-state index is 0.00313. The van der Waals surface area contributed by atoms with Crippen LogP contribution >= 0.6 is 0 Å². The highest BCUT2D eigenvalue weighted by Crippen LogP contribution is 2.24. The molecule has 0 aromatic heterocycles. The number of benzene rings is 1. The van der Waals surface area contributed by atoms with E-state index in [1.165, 1.54) is 6.92 Å². The van der Waals surface area contributed by atoms with Crippen molar-refractivity contribution in [3.8, 4) is 5.75 Å². The van der Waals surface area contributed by atoms with Crippen molar-refractivity contribution in [3.63, 3.8) is 0 Å². The molecule has 1 aromatic rings. The van der Waals surface area contributed by atoms with Crippen LogP contribution in [0.5, 0.6) is 5.75 Å². The van der Waals surface area contributed by atoms with Gasteiger partial charge in [0.25, 0.3) is 0 Å². The average molecular weight is 278 g/mol. The molecule has 3 N–H and O–H groups in total. The summed E-state index contributed by atoms with van der Waals surface area (Å²) in [5.41, 5.74) is -0.270. The molecule has 7 nitrogen and oxygen atoms in total. The van der Waals surface area contributed by atoms with E-state index in [-0.39, 0.29) is 12.3 Å². The summed E-state index contributed by atoms with van der Waals surface area (Å²) in [4.78, 5) is 10.9. The van der Waals surface area contributed by atoms with Gasteiger partial charge in [-0.1, -0.05) is 0 Å². The van der Waals surface area contributed by atoms with Gasteiger partial charge in [0.05, 0.1) is 12.3 Å². The van der Waals surface area contributed by atoms with Crippen LogP contribution in [0.1, 0.15) is 6.92 Å². The minimum atomic E-state index is -4.25. The summed E-state index contributed by atoms with van der Waals surface area (Å²) in [6.45, 7) is 1.51. The highest BCUT2D eigenvalue weighted by Gasteiger charge is 2.16. The molecule has 18 heavy (non-hydrogen) atoms. The number of hydrogen-bond donors (Lipinski definition) is 3. The first-order valence-corrected chi connectivity index (χ1v) is 6.28. The van der Waals surface area contributed by atoms with Gasteiger partial charge in [0.15, 0.2) is 0 Å². The van der Waals surface area contributed by atoms with E-state index in [4.69, 9.17) is 0 Å². The van der Waals surface area contributed by atoms with Crippen molar-refractivity contribution in [2.75, 3.05) is 11.3 Å². The summed E-state index contributed by atoms with van der Waals surface area (Å²) in [6.07, 6.45) is -1.16. The van der Waals surface area contributed by atoms with Gasteiger partial charge in [-0.3, -0.25) is 4.72 Å². The largest absolute Gasteiger partial charge is 0.506 e. The van der Waals surface area contributed by atoms with Gasteiger partial charge in [-0.05, 0) is 19.1 Å². The number of halogens is 1. The molecule has 0 radical (unpaired) electrons. The topological polar surface area (TPSA) is 105 Å². The fourth-order valence-corrected chi connectivity index (χ4v) is 1.82. The molecular weight excluding hydrogens is 267 g/mol. The van der Waals surface area contributed by atoms with Crippen molar-refractivity contribution in [3.05, 3.63) is 24.0 Å².